The van der Waals surface area contributed by atoms with Gasteiger partial charge in [0.15, 0.2) is 0 Å². The lowest BCUT2D eigenvalue weighted by Gasteiger charge is -1.93. The highest BCUT2D eigenvalue weighted by Gasteiger charge is 2.18. The SMILES string of the molecule is C(=NC1CC1)c1ccccn1.CC(C)N=Cc1ccccn1.CN=Cc1ccccn1.CN=Cc1ccccn1.CN=Cc1ccccn1.CN=Cc1ccccn1.CN=Cc1ccccn1. The minimum absolute atomic E-state index is 0.344. The van der Waals surface area contributed by atoms with Crippen LogP contribution in [0, 0.1) is 0 Å². The van der Waals surface area contributed by atoms with Crippen molar-refractivity contribution in [2.24, 2.45) is 34.9 Å². The zero-order chi connectivity index (χ0) is 48.3. The van der Waals surface area contributed by atoms with Crippen LogP contribution in [0.5, 0.6) is 0 Å². The zero-order valence-corrected chi connectivity index (χ0v) is 39.5. The highest BCUT2D eigenvalue weighted by molar-refractivity contribution is 5.79. The first-order valence-electron chi connectivity index (χ1n) is 21.4. The van der Waals surface area contributed by atoms with E-state index in [2.05, 4.69) is 69.8 Å². The van der Waals surface area contributed by atoms with Crippen LogP contribution in [0.2, 0.25) is 0 Å². The molecule has 1 aliphatic rings. The molecule has 14 nitrogen and oxygen atoms in total. The van der Waals surface area contributed by atoms with Crippen molar-refractivity contribution < 1.29 is 0 Å². The van der Waals surface area contributed by atoms with Crippen LogP contribution in [0.25, 0.3) is 0 Å². The van der Waals surface area contributed by atoms with E-state index in [1.807, 2.05) is 147 Å². The van der Waals surface area contributed by atoms with Crippen LogP contribution in [0.15, 0.2) is 206 Å². The molecule has 0 aliphatic heterocycles. The smallest absolute Gasteiger partial charge is 0.0807 e. The van der Waals surface area contributed by atoms with Gasteiger partial charge in [0.05, 0.1) is 45.9 Å². The van der Waals surface area contributed by atoms with Crippen molar-refractivity contribution in [1.29, 1.82) is 0 Å². The van der Waals surface area contributed by atoms with Gasteiger partial charge in [0.25, 0.3) is 0 Å². The molecule has 0 atom stereocenters. The van der Waals surface area contributed by atoms with E-state index < -0.39 is 0 Å². The van der Waals surface area contributed by atoms with Crippen molar-refractivity contribution in [1.82, 2.24) is 34.9 Å². The first-order chi connectivity index (χ1) is 32.9. The van der Waals surface area contributed by atoms with Gasteiger partial charge in [-0.15, -0.1) is 0 Å². The third kappa shape index (κ3) is 31.3. The van der Waals surface area contributed by atoms with Crippen molar-refractivity contribution >= 4 is 43.5 Å². The Kier molecular flexibility index (Phi) is 31.3. The Labute approximate surface area is 396 Å². The van der Waals surface area contributed by atoms with E-state index >= 15 is 0 Å². The standard InChI is InChI=1S/C9H10N2.C9H12N2.5C7H8N2/c1-2-6-10-9(3-1)7-11-8-4-5-8;1-8(2)11-7-9-5-3-4-6-10-9;5*1-8-6-7-4-2-3-5-9-7/h1-3,6-8H,4-5H2;3-8H,1-2H3;5*2-6H,1H3. The van der Waals surface area contributed by atoms with Gasteiger partial charge in [-0.05, 0) is 112 Å². The first-order valence-corrected chi connectivity index (χ1v) is 21.4. The van der Waals surface area contributed by atoms with Gasteiger partial charge in [-0.3, -0.25) is 69.8 Å². The van der Waals surface area contributed by atoms with Crippen molar-refractivity contribution in [2.75, 3.05) is 35.2 Å². The van der Waals surface area contributed by atoms with E-state index in [1.165, 1.54) is 12.8 Å². The van der Waals surface area contributed by atoms with E-state index in [4.69, 9.17) is 0 Å². The number of aliphatic imine (C=N–C) groups is 7. The van der Waals surface area contributed by atoms with E-state index in [0.29, 0.717) is 12.1 Å². The number of rotatable bonds is 9. The molecule has 1 saturated carbocycles. The fourth-order valence-electron chi connectivity index (χ4n) is 4.46. The molecule has 7 heterocycles. The maximum absolute atomic E-state index is 4.32. The molecule has 344 valence electrons. The molecule has 0 aromatic carbocycles. The molecule has 14 heteroatoms. The predicted octanol–water partition coefficient (Wildman–Crippen LogP) is 9.22. The molecule has 0 unspecified atom stereocenters. The third-order valence-electron chi connectivity index (χ3n) is 7.59. The Hall–Kier alpha value is -8.26. The Bertz CT molecular complexity index is 2090. The van der Waals surface area contributed by atoms with E-state index in [1.54, 1.807) is 116 Å². The van der Waals surface area contributed by atoms with Crippen molar-refractivity contribution in [2.45, 2.75) is 38.8 Å². The normalized spacial score (nSPS) is 11.6. The van der Waals surface area contributed by atoms with Gasteiger partial charge >= 0.3 is 0 Å². The molecule has 7 aromatic heterocycles. The third-order valence-corrected chi connectivity index (χ3v) is 7.59. The predicted molar refractivity (Wildman–Crippen MR) is 281 cm³/mol. The summed E-state index contributed by atoms with van der Waals surface area (Å²) in [5, 5.41) is 0. The van der Waals surface area contributed by atoms with E-state index in [-0.39, 0.29) is 0 Å². The number of hydrogen-bond acceptors (Lipinski definition) is 14. The highest BCUT2D eigenvalue weighted by atomic mass is 14.8. The average molecular weight is 895 g/mol. The van der Waals surface area contributed by atoms with Crippen molar-refractivity contribution in [3.8, 4) is 0 Å². The molecule has 67 heavy (non-hydrogen) atoms. The maximum Gasteiger partial charge on any atom is 0.0807 e. The molecular weight excluding hydrogens is 833 g/mol. The van der Waals surface area contributed by atoms with E-state index in [9.17, 15) is 0 Å². The lowest BCUT2D eigenvalue weighted by Crippen LogP contribution is -1.91. The quantitative estimate of drug-likeness (QED) is 0.130. The topological polar surface area (TPSA) is 177 Å². The second-order valence-corrected chi connectivity index (χ2v) is 13.6. The average Bonchev–Trinajstić information content (AvgIpc) is 4.22. The molecule has 7 aromatic rings. The fourth-order valence-corrected chi connectivity index (χ4v) is 4.46. The summed E-state index contributed by atoms with van der Waals surface area (Å²) in [5.74, 6) is 0. The van der Waals surface area contributed by atoms with Crippen LogP contribution in [0.1, 0.15) is 66.5 Å². The second-order valence-electron chi connectivity index (χ2n) is 13.6. The maximum atomic E-state index is 4.32. The summed E-state index contributed by atoms with van der Waals surface area (Å²) in [4.78, 5) is 55.9. The van der Waals surface area contributed by atoms with Crippen molar-refractivity contribution in [3.05, 3.63) is 211 Å². The van der Waals surface area contributed by atoms with Crippen LogP contribution in [-0.4, -0.2) is 126 Å². The number of hydrogen-bond donors (Lipinski definition) is 0. The van der Waals surface area contributed by atoms with Crippen molar-refractivity contribution in [3.63, 3.8) is 0 Å². The Morgan fingerprint density at radius 3 is 0.746 bits per heavy atom. The lowest BCUT2D eigenvalue weighted by molar-refractivity contribution is 0.840. The summed E-state index contributed by atoms with van der Waals surface area (Å²) in [6.45, 7) is 4.08. The minimum atomic E-state index is 0.344. The molecule has 0 N–H and O–H groups in total. The molecule has 0 spiro atoms. The lowest BCUT2D eigenvalue weighted by atomic mass is 10.3. The van der Waals surface area contributed by atoms with Gasteiger partial charge in [0, 0.05) is 128 Å². The molecule has 0 bridgehead atoms. The molecule has 8 rings (SSSR count). The van der Waals surface area contributed by atoms with Crippen LogP contribution >= 0.6 is 0 Å². The van der Waals surface area contributed by atoms with Crippen LogP contribution in [-0.2, 0) is 0 Å². The summed E-state index contributed by atoms with van der Waals surface area (Å²) in [7, 11) is 8.65. The molecule has 0 amide bonds. The summed E-state index contributed by atoms with van der Waals surface area (Å²) >= 11 is 0. The van der Waals surface area contributed by atoms with Gasteiger partial charge in [-0.2, -0.15) is 0 Å². The fraction of sp³-hybridized carbons (Fsp3) is 0.208. The summed E-state index contributed by atoms with van der Waals surface area (Å²) in [5.41, 5.74) is 6.39. The molecule has 0 radical (unpaired) electrons. The van der Waals surface area contributed by atoms with E-state index in [0.717, 1.165) is 39.9 Å². The molecule has 1 aliphatic carbocycles. The Morgan fingerprint density at radius 1 is 0.343 bits per heavy atom. The Balaban J connectivity index is 0.000000269. The molecule has 0 saturated heterocycles. The molecule has 1 fully saturated rings. The highest BCUT2D eigenvalue weighted by Crippen LogP contribution is 2.22. The summed E-state index contributed by atoms with van der Waals surface area (Å²) < 4.78 is 0. The van der Waals surface area contributed by atoms with Gasteiger partial charge in [0.2, 0.25) is 0 Å². The van der Waals surface area contributed by atoms with Crippen LogP contribution < -0.4 is 0 Å². The Morgan fingerprint density at radius 2 is 0.567 bits per heavy atom. The van der Waals surface area contributed by atoms with Gasteiger partial charge in [-0.1, -0.05) is 42.5 Å². The largest absolute Gasteiger partial charge is 0.294 e. The first kappa shape index (κ1) is 54.9. The molecular formula is C53H62N14. The second kappa shape index (κ2) is 38.2. The van der Waals surface area contributed by atoms with Crippen LogP contribution in [0.4, 0.5) is 0 Å². The number of nitrogens with zero attached hydrogens (tertiary/aromatic N) is 14. The number of pyridine rings is 7. The van der Waals surface area contributed by atoms with Gasteiger partial charge < -0.3 is 0 Å². The summed E-state index contributed by atoms with van der Waals surface area (Å²) in [6, 6.07) is 41.2. The number of aromatic nitrogens is 7. The van der Waals surface area contributed by atoms with Gasteiger partial charge in [0.1, 0.15) is 0 Å². The van der Waals surface area contributed by atoms with Crippen LogP contribution in [0.3, 0.4) is 0 Å². The summed E-state index contributed by atoms with van der Waals surface area (Å²) in [6.07, 6.45) is 27.1. The zero-order valence-electron chi connectivity index (χ0n) is 39.5. The minimum Gasteiger partial charge on any atom is -0.294 e. The monoisotopic (exact) mass is 895 g/mol. The van der Waals surface area contributed by atoms with Gasteiger partial charge in [-0.25, -0.2) is 0 Å².